The lowest BCUT2D eigenvalue weighted by molar-refractivity contribution is -0.155. The molecule has 1 aliphatic rings. The molecule has 1 unspecified atom stereocenters. The van der Waals surface area contributed by atoms with Crippen LogP contribution in [0.4, 0.5) is 0 Å². The number of carbonyl (C=O) groups is 2. The molecule has 0 spiro atoms. The van der Waals surface area contributed by atoms with E-state index in [4.69, 9.17) is 14.2 Å². The van der Waals surface area contributed by atoms with Crippen molar-refractivity contribution in [3.63, 3.8) is 0 Å². The van der Waals surface area contributed by atoms with Gasteiger partial charge in [0.25, 0.3) is 0 Å². The van der Waals surface area contributed by atoms with Crippen LogP contribution in [0.15, 0.2) is 30.3 Å². The van der Waals surface area contributed by atoms with Gasteiger partial charge in [0.05, 0.1) is 25.7 Å². The molecule has 0 radical (unpaired) electrons. The van der Waals surface area contributed by atoms with E-state index in [-0.39, 0.29) is 18.4 Å². The standard InChI is InChI=1S/C23H32O5/c1-4-6-14-27-21(24)12-13-23(22(25)28-15-7-5-2)16-19(17-23)18-8-10-20(26-3)11-9-18/h8-11,16H,4-7,12-15,17H2,1-3H3. The zero-order valence-electron chi connectivity index (χ0n) is 17.3. The lowest BCUT2D eigenvalue weighted by Gasteiger charge is -2.37. The van der Waals surface area contributed by atoms with Gasteiger partial charge >= 0.3 is 11.9 Å². The van der Waals surface area contributed by atoms with Gasteiger partial charge in [-0.05, 0) is 49.0 Å². The van der Waals surface area contributed by atoms with Crippen LogP contribution in [0.3, 0.4) is 0 Å². The first-order valence-electron chi connectivity index (χ1n) is 10.2. The van der Waals surface area contributed by atoms with Crippen molar-refractivity contribution in [1.29, 1.82) is 0 Å². The second-order valence-corrected chi connectivity index (χ2v) is 7.29. The van der Waals surface area contributed by atoms with Crippen LogP contribution in [-0.2, 0) is 19.1 Å². The average Bonchev–Trinajstić information content (AvgIpc) is 2.68. The van der Waals surface area contributed by atoms with Gasteiger partial charge in [0.2, 0.25) is 0 Å². The predicted molar refractivity (Wildman–Crippen MR) is 109 cm³/mol. The zero-order valence-corrected chi connectivity index (χ0v) is 17.3. The summed E-state index contributed by atoms with van der Waals surface area (Å²) in [6, 6.07) is 7.77. The molecule has 5 nitrogen and oxygen atoms in total. The Labute approximate surface area is 168 Å². The van der Waals surface area contributed by atoms with Gasteiger partial charge in [0.1, 0.15) is 5.75 Å². The first kappa shape index (κ1) is 22.0. The molecule has 0 N–H and O–H groups in total. The molecule has 5 heteroatoms. The second kappa shape index (κ2) is 10.9. The first-order valence-corrected chi connectivity index (χ1v) is 10.2. The van der Waals surface area contributed by atoms with Crippen LogP contribution < -0.4 is 4.74 Å². The second-order valence-electron chi connectivity index (χ2n) is 7.29. The molecule has 1 aliphatic carbocycles. The van der Waals surface area contributed by atoms with Crippen LogP contribution in [0, 0.1) is 5.41 Å². The Bertz CT molecular complexity index is 677. The summed E-state index contributed by atoms with van der Waals surface area (Å²) in [6.07, 6.45) is 6.83. The minimum Gasteiger partial charge on any atom is -0.497 e. The fourth-order valence-corrected chi connectivity index (χ4v) is 3.21. The number of allylic oxidation sites excluding steroid dienone is 1. The maximum atomic E-state index is 12.7. The number of ether oxygens (including phenoxy) is 3. The number of benzene rings is 1. The number of rotatable bonds is 12. The van der Waals surface area contributed by atoms with Crippen molar-refractivity contribution in [2.75, 3.05) is 20.3 Å². The van der Waals surface area contributed by atoms with Gasteiger partial charge in [0, 0.05) is 6.42 Å². The highest BCUT2D eigenvalue weighted by molar-refractivity contribution is 5.90. The smallest absolute Gasteiger partial charge is 0.316 e. The lowest BCUT2D eigenvalue weighted by atomic mass is 9.66. The molecule has 0 aliphatic heterocycles. The molecular formula is C23H32O5. The zero-order chi connectivity index (χ0) is 20.4. The van der Waals surface area contributed by atoms with E-state index in [0.29, 0.717) is 26.1 Å². The van der Waals surface area contributed by atoms with Gasteiger partial charge < -0.3 is 14.2 Å². The number of hydrogen-bond acceptors (Lipinski definition) is 5. The summed E-state index contributed by atoms with van der Waals surface area (Å²) in [7, 11) is 1.63. The summed E-state index contributed by atoms with van der Waals surface area (Å²) in [5.41, 5.74) is 1.42. The van der Waals surface area contributed by atoms with Crippen molar-refractivity contribution < 1.29 is 23.8 Å². The van der Waals surface area contributed by atoms with Crippen molar-refractivity contribution in [1.82, 2.24) is 0 Å². The van der Waals surface area contributed by atoms with Gasteiger partial charge in [-0.3, -0.25) is 9.59 Å². The fourth-order valence-electron chi connectivity index (χ4n) is 3.21. The Kier molecular flexibility index (Phi) is 8.55. The van der Waals surface area contributed by atoms with Gasteiger partial charge in [0.15, 0.2) is 0 Å². The predicted octanol–water partition coefficient (Wildman–Crippen LogP) is 4.94. The summed E-state index contributed by atoms with van der Waals surface area (Å²) in [5, 5.41) is 0. The maximum absolute atomic E-state index is 12.7. The van der Waals surface area contributed by atoms with Crippen LogP contribution in [0.25, 0.3) is 5.57 Å². The number of unbranched alkanes of at least 4 members (excludes halogenated alkanes) is 2. The van der Waals surface area contributed by atoms with Gasteiger partial charge in [-0.2, -0.15) is 0 Å². The molecule has 0 saturated heterocycles. The van der Waals surface area contributed by atoms with Gasteiger partial charge in [-0.25, -0.2) is 0 Å². The summed E-state index contributed by atoms with van der Waals surface area (Å²) < 4.78 is 15.9. The SMILES string of the molecule is CCCCOC(=O)CCC1(C(=O)OCCCC)C=C(c2ccc(OC)cc2)C1. The summed E-state index contributed by atoms with van der Waals surface area (Å²) in [6.45, 7) is 4.97. The van der Waals surface area contributed by atoms with E-state index in [9.17, 15) is 9.59 Å². The van der Waals surface area contributed by atoms with Gasteiger partial charge in [-0.1, -0.05) is 44.9 Å². The van der Waals surface area contributed by atoms with E-state index in [1.165, 1.54) is 0 Å². The Hall–Kier alpha value is -2.30. The Morgan fingerprint density at radius 1 is 1.00 bits per heavy atom. The molecule has 0 saturated carbocycles. The summed E-state index contributed by atoms with van der Waals surface area (Å²) in [4.78, 5) is 24.7. The normalized spacial score (nSPS) is 18.0. The third-order valence-corrected chi connectivity index (χ3v) is 5.09. The summed E-state index contributed by atoms with van der Waals surface area (Å²) in [5.74, 6) is 0.309. The molecule has 28 heavy (non-hydrogen) atoms. The molecule has 0 fully saturated rings. The molecule has 0 amide bonds. The van der Waals surface area contributed by atoms with E-state index in [1.54, 1.807) is 7.11 Å². The Morgan fingerprint density at radius 3 is 2.18 bits per heavy atom. The topological polar surface area (TPSA) is 61.8 Å². The first-order chi connectivity index (χ1) is 13.5. The van der Waals surface area contributed by atoms with Crippen molar-refractivity contribution in [2.24, 2.45) is 5.41 Å². The summed E-state index contributed by atoms with van der Waals surface area (Å²) >= 11 is 0. The van der Waals surface area contributed by atoms with E-state index >= 15 is 0 Å². The highest BCUT2D eigenvalue weighted by atomic mass is 16.5. The van der Waals surface area contributed by atoms with Crippen molar-refractivity contribution in [2.45, 2.75) is 58.8 Å². The minimum absolute atomic E-state index is 0.221. The maximum Gasteiger partial charge on any atom is 0.316 e. The fraction of sp³-hybridized carbons (Fsp3) is 0.565. The third kappa shape index (κ3) is 5.85. The Balaban J connectivity index is 2.04. The van der Waals surface area contributed by atoms with E-state index in [2.05, 4.69) is 13.8 Å². The quantitative estimate of drug-likeness (QED) is 0.375. The number of hydrogen-bond donors (Lipinski definition) is 0. The minimum atomic E-state index is -0.729. The van der Waals surface area contributed by atoms with E-state index in [1.807, 2.05) is 30.3 Å². The molecule has 0 aromatic heterocycles. The molecular weight excluding hydrogens is 356 g/mol. The largest absolute Gasteiger partial charge is 0.497 e. The lowest BCUT2D eigenvalue weighted by Crippen LogP contribution is -2.38. The number of carbonyl (C=O) groups excluding carboxylic acids is 2. The van der Waals surface area contributed by atoms with Crippen LogP contribution in [0.1, 0.15) is 64.4 Å². The number of esters is 2. The average molecular weight is 389 g/mol. The van der Waals surface area contributed by atoms with E-state index < -0.39 is 5.41 Å². The van der Waals surface area contributed by atoms with Crippen LogP contribution >= 0.6 is 0 Å². The van der Waals surface area contributed by atoms with Crippen LogP contribution in [-0.4, -0.2) is 32.3 Å². The molecule has 2 rings (SSSR count). The third-order valence-electron chi connectivity index (χ3n) is 5.09. The van der Waals surface area contributed by atoms with Crippen LogP contribution in [0.2, 0.25) is 0 Å². The van der Waals surface area contributed by atoms with Crippen molar-refractivity contribution in [3.05, 3.63) is 35.9 Å². The van der Waals surface area contributed by atoms with Gasteiger partial charge in [-0.15, -0.1) is 0 Å². The van der Waals surface area contributed by atoms with E-state index in [0.717, 1.165) is 42.6 Å². The molecule has 154 valence electrons. The van der Waals surface area contributed by atoms with Crippen LogP contribution in [0.5, 0.6) is 5.75 Å². The molecule has 0 heterocycles. The molecule has 1 aromatic carbocycles. The molecule has 0 bridgehead atoms. The highest BCUT2D eigenvalue weighted by Gasteiger charge is 2.45. The molecule has 1 aromatic rings. The van der Waals surface area contributed by atoms with Crippen molar-refractivity contribution >= 4 is 17.5 Å². The monoisotopic (exact) mass is 388 g/mol. The number of methoxy groups -OCH3 is 1. The van der Waals surface area contributed by atoms with Crippen molar-refractivity contribution in [3.8, 4) is 5.75 Å². The highest BCUT2D eigenvalue weighted by Crippen LogP contribution is 2.48. The Morgan fingerprint density at radius 2 is 1.61 bits per heavy atom. The molecule has 1 atom stereocenters.